The zero-order valence-electron chi connectivity index (χ0n) is 11.8. The standard InChI is InChI=1S/C14H25NO2S/c1-11(2)15(7-13-5-6-18-10-13)8-14(16)9-17-12(3)4/h5-6,10-12,14,16H,7-9H2,1-4H3. The molecule has 0 aliphatic carbocycles. The Morgan fingerprint density at radius 2 is 2.06 bits per heavy atom. The Hall–Kier alpha value is -0.420. The van der Waals surface area contributed by atoms with Gasteiger partial charge in [-0.1, -0.05) is 0 Å². The van der Waals surface area contributed by atoms with Crippen LogP contribution < -0.4 is 0 Å². The molecule has 0 radical (unpaired) electrons. The van der Waals surface area contributed by atoms with Crippen LogP contribution in [-0.2, 0) is 11.3 Å². The minimum Gasteiger partial charge on any atom is -0.389 e. The monoisotopic (exact) mass is 271 g/mol. The Morgan fingerprint density at radius 3 is 2.56 bits per heavy atom. The van der Waals surface area contributed by atoms with Crippen molar-refractivity contribution in [2.45, 2.75) is 52.5 Å². The van der Waals surface area contributed by atoms with Gasteiger partial charge in [0.05, 0.1) is 18.8 Å². The quantitative estimate of drug-likeness (QED) is 0.789. The molecule has 1 aromatic heterocycles. The van der Waals surface area contributed by atoms with E-state index in [0.717, 1.165) is 6.54 Å². The first-order chi connectivity index (χ1) is 8.49. The third kappa shape index (κ3) is 5.96. The molecule has 18 heavy (non-hydrogen) atoms. The lowest BCUT2D eigenvalue weighted by Gasteiger charge is -2.28. The van der Waals surface area contributed by atoms with Crippen molar-refractivity contribution in [3.63, 3.8) is 0 Å². The van der Waals surface area contributed by atoms with E-state index in [1.807, 2.05) is 13.8 Å². The van der Waals surface area contributed by atoms with Gasteiger partial charge in [0, 0.05) is 19.1 Å². The van der Waals surface area contributed by atoms with Gasteiger partial charge in [-0.3, -0.25) is 4.90 Å². The van der Waals surface area contributed by atoms with Gasteiger partial charge in [-0.2, -0.15) is 11.3 Å². The SMILES string of the molecule is CC(C)OCC(O)CN(Cc1ccsc1)C(C)C. The lowest BCUT2D eigenvalue weighted by atomic mass is 10.2. The molecule has 0 spiro atoms. The number of aliphatic hydroxyl groups excluding tert-OH is 1. The highest BCUT2D eigenvalue weighted by Crippen LogP contribution is 2.12. The minimum absolute atomic E-state index is 0.170. The Bertz CT molecular complexity index is 312. The van der Waals surface area contributed by atoms with Crippen molar-refractivity contribution in [2.75, 3.05) is 13.2 Å². The molecule has 104 valence electrons. The minimum atomic E-state index is -0.423. The third-order valence-corrected chi connectivity index (χ3v) is 3.50. The van der Waals surface area contributed by atoms with Gasteiger partial charge in [-0.25, -0.2) is 0 Å². The highest BCUT2D eigenvalue weighted by molar-refractivity contribution is 7.07. The van der Waals surface area contributed by atoms with Crippen LogP contribution in [0.15, 0.2) is 16.8 Å². The number of hydrogen-bond acceptors (Lipinski definition) is 4. The number of aliphatic hydroxyl groups is 1. The predicted molar refractivity (Wildman–Crippen MR) is 77.0 cm³/mol. The molecule has 1 heterocycles. The van der Waals surface area contributed by atoms with E-state index in [1.54, 1.807) is 11.3 Å². The molecule has 4 heteroatoms. The number of ether oxygens (including phenoxy) is 1. The third-order valence-electron chi connectivity index (χ3n) is 2.76. The van der Waals surface area contributed by atoms with Crippen molar-refractivity contribution in [1.82, 2.24) is 4.90 Å². The summed E-state index contributed by atoms with van der Waals surface area (Å²) in [5.41, 5.74) is 1.31. The van der Waals surface area contributed by atoms with Crippen molar-refractivity contribution < 1.29 is 9.84 Å². The summed E-state index contributed by atoms with van der Waals surface area (Å²) in [5, 5.41) is 14.2. The van der Waals surface area contributed by atoms with Crippen LogP contribution in [0, 0.1) is 0 Å². The van der Waals surface area contributed by atoms with Crippen LogP contribution in [0.1, 0.15) is 33.3 Å². The molecule has 0 fully saturated rings. The molecule has 0 bridgehead atoms. The normalized spacial score (nSPS) is 13.8. The summed E-state index contributed by atoms with van der Waals surface area (Å²) in [6.07, 6.45) is -0.252. The van der Waals surface area contributed by atoms with Crippen molar-refractivity contribution in [1.29, 1.82) is 0 Å². The second kappa shape index (κ2) is 7.89. The topological polar surface area (TPSA) is 32.7 Å². The van der Waals surface area contributed by atoms with Crippen LogP contribution in [-0.4, -0.2) is 41.4 Å². The van der Waals surface area contributed by atoms with Crippen LogP contribution in [0.2, 0.25) is 0 Å². The second-order valence-electron chi connectivity index (χ2n) is 5.19. The summed E-state index contributed by atoms with van der Waals surface area (Å²) in [6, 6.07) is 2.55. The van der Waals surface area contributed by atoms with Gasteiger partial charge < -0.3 is 9.84 Å². The Morgan fingerprint density at radius 1 is 1.33 bits per heavy atom. The van der Waals surface area contributed by atoms with Crippen LogP contribution in [0.4, 0.5) is 0 Å². The molecule has 0 saturated heterocycles. The van der Waals surface area contributed by atoms with Crippen molar-refractivity contribution in [2.24, 2.45) is 0 Å². The summed E-state index contributed by atoms with van der Waals surface area (Å²) in [6.45, 7) is 10.2. The second-order valence-corrected chi connectivity index (χ2v) is 5.97. The van der Waals surface area contributed by atoms with E-state index >= 15 is 0 Å². The first-order valence-corrected chi connectivity index (χ1v) is 7.48. The highest BCUT2D eigenvalue weighted by Gasteiger charge is 2.15. The van der Waals surface area contributed by atoms with E-state index in [4.69, 9.17) is 4.74 Å². The van der Waals surface area contributed by atoms with Crippen molar-refractivity contribution in [3.05, 3.63) is 22.4 Å². The average Bonchev–Trinajstić information content (AvgIpc) is 2.78. The van der Waals surface area contributed by atoms with Gasteiger partial charge in [-0.05, 0) is 50.1 Å². The number of nitrogens with zero attached hydrogens (tertiary/aromatic N) is 1. The zero-order valence-corrected chi connectivity index (χ0v) is 12.6. The molecule has 0 amide bonds. The first kappa shape index (κ1) is 15.6. The maximum Gasteiger partial charge on any atom is 0.0900 e. The lowest BCUT2D eigenvalue weighted by molar-refractivity contribution is -0.0136. The van der Waals surface area contributed by atoms with Crippen LogP contribution in [0.3, 0.4) is 0 Å². The number of thiophene rings is 1. The van der Waals surface area contributed by atoms with Gasteiger partial charge in [0.25, 0.3) is 0 Å². The van der Waals surface area contributed by atoms with E-state index in [-0.39, 0.29) is 6.10 Å². The van der Waals surface area contributed by atoms with E-state index < -0.39 is 6.10 Å². The Kier molecular flexibility index (Phi) is 6.86. The number of hydrogen-bond donors (Lipinski definition) is 1. The maximum absolute atomic E-state index is 9.98. The van der Waals surface area contributed by atoms with Crippen molar-refractivity contribution in [3.8, 4) is 0 Å². The fourth-order valence-corrected chi connectivity index (χ4v) is 2.36. The molecule has 1 rings (SSSR count). The van der Waals surface area contributed by atoms with Crippen molar-refractivity contribution >= 4 is 11.3 Å². The van der Waals surface area contributed by atoms with E-state index in [1.165, 1.54) is 5.56 Å². The highest BCUT2D eigenvalue weighted by atomic mass is 32.1. The zero-order chi connectivity index (χ0) is 13.5. The Balaban J connectivity index is 2.42. The molecule has 0 aliphatic rings. The summed E-state index contributed by atoms with van der Waals surface area (Å²) >= 11 is 1.71. The van der Waals surface area contributed by atoms with Gasteiger partial charge in [0.1, 0.15) is 0 Å². The summed E-state index contributed by atoms with van der Waals surface area (Å²) < 4.78 is 5.44. The number of rotatable bonds is 8. The summed E-state index contributed by atoms with van der Waals surface area (Å²) in [4.78, 5) is 2.27. The molecule has 3 nitrogen and oxygen atoms in total. The van der Waals surface area contributed by atoms with Crippen LogP contribution in [0.5, 0.6) is 0 Å². The van der Waals surface area contributed by atoms with Gasteiger partial charge in [0.15, 0.2) is 0 Å². The fraction of sp³-hybridized carbons (Fsp3) is 0.714. The predicted octanol–water partition coefficient (Wildman–Crippen LogP) is 2.74. The molecule has 1 atom stereocenters. The molecular formula is C14H25NO2S. The van der Waals surface area contributed by atoms with Gasteiger partial charge in [-0.15, -0.1) is 0 Å². The average molecular weight is 271 g/mol. The fourth-order valence-electron chi connectivity index (χ4n) is 1.70. The molecule has 1 N–H and O–H groups in total. The van der Waals surface area contributed by atoms with E-state index in [0.29, 0.717) is 19.2 Å². The van der Waals surface area contributed by atoms with E-state index in [9.17, 15) is 5.11 Å². The molecule has 1 unspecified atom stereocenters. The largest absolute Gasteiger partial charge is 0.389 e. The van der Waals surface area contributed by atoms with Gasteiger partial charge >= 0.3 is 0 Å². The smallest absolute Gasteiger partial charge is 0.0900 e. The molecule has 0 aromatic carbocycles. The van der Waals surface area contributed by atoms with Crippen LogP contribution in [0.25, 0.3) is 0 Å². The van der Waals surface area contributed by atoms with Crippen LogP contribution >= 0.6 is 11.3 Å². The molecule has 0 aliphatic heterocycles. The lowest BCUT2D eigenvalue weighted by Crippen LogP contribution is -2.39. The molecule has 0 saturated carbocycles. The maximum atomic E-state index is 9.98. The summed E-state index contributed by atoms with van der Waals surface area (Å²) in [5.74, 6) is 0. The summed E-state index contributed by atoms with van der Waals surface area (Å²) in [7, 11) is 0. The first-order valence-electron chi connectivity index (χ1n) is 6.53. The molecular weight excluding hydrogens is 246 g/mol. The van der Waals surface area contributed by atoms with Gasteiger partial charge in [0.2, 0.25) is 0 Å². The molecule has 1 aromatic rings. The van der Waals surface area contributed by atoms with E-state index in [2.05, 4.69) is 35.6 Å². The Labute approximate surface area is 114 Å².